The summed E-state index contributed by atoms with van der Waals surface area (Å²) in [5, 5.41) is 0. The summed E-state index contributed by atoms with van der Waals surface area (Å²) in [6, 6.07) is 7.23. The summed E-state index contributed by atoms with van der Waals surface area (Å²) in [5.41, 5.74) is 7.33. The Morgan fingerprint density at radius 3 is 2.67 bits per heavy atom. The van der Waals surface area contributed by atoms with Gasteiger partial charge in [-0.3, -0.25) is 4.79 Å². The maximum Gasteiger partial charge on any atom is 0.253 e. The smallest absolute Gasteiger partial charge is 0.253 e. The van der Waals surface area contributed by atoms with Gasteiger partial charge in [-0.1, -0.05) is 26.8 Å². The summed E-state index contributed by atoms with van der Waals surface area (Å²) >= 11 is 0. The summed E-state index contributed by atoms with van der Waals surface area (Å²) in [6.07, 6.45) is 1.09. The fourth-order valence-corrected chi connectivity index (χ4v) is 2.51. The number of rotatable bonds is 1. The molecule has 1 atom stereocenters. The molecule has 1 fully saturated rings. The van der Waals surface area contributed by atoms with E-state index in [9.17, 15) is 4.79 Å². The van der Waals surface area contributed by atoms with Crippen molar-refractivity contribution in [1.82, 2.24) is 4.90 Å². The Morgan fingerprint density at radius 2 is 2.11 bits per heavy atom. The molecule has 0 radical (unpaired) electrons. The van der Waals surface area contributed by atoms with Gasteiger partial charge in [0.2, 0.25) is 0 Å². The van der Waals surface area contributed by atoms with Gasteiger partial charge >= 0.3 is 0 Å². The zero-order valence-electron chi connectivity index (χ0n) is 11.4. The number of nitrogen functional groups attached to an aromatic ring is 1. The van der Waals surface area contributed by atoms with Gasteiger partial charge in [-0.2, -0.15) is 0 Å². The molecular formula is C15H22N2O. The van der Waals surface area contributed by atoms with Crippen molar-refractivity contribution in [1.29, 1.82) is 0 Å². The Balaban J connectivity index is 2.08. The normalized spacial score (nSPS) is 20.2. The molecule has 0 aromatic heterocycles. The third-order valence-corrected chi connectivity index (χ3v) is 3.83. The number of benzene rings is 1. The Morgan fingerprint density at radius 1 is 1.39 bits per heavy atom. The summed E-state index contributed by atoms with van der Waals surface area (Å²) in [7, 11) is 0. The van der Waals surface area contributed by atoms with Gasteiger partial charge in [-0.15, -0.1) is 0 Å². The molecule has 1 aromatic rings. The molecule has 2 N–H and O–H groups in total. The highest BCUT2D eigenvalue weighted by molar-refractivity contribution is 5.95. The van der Waals surface area contributed by atoms with Gasteiger partial charge in [-0.25, -0.2) is 0 Å². The summed E-state index contributed by atoms with van der Waals surface area (Å²) in [4.78, 5) is 14.3. The molecule has 3 heteroatoms. The van der Waals surface area contributed by atoms with Crippen molar-refractivity contribution < 1.29 is 4.79 Å². The van der Waals surface area contributed by atoms with Crippen LogP contribution in [0.15, 0.2) is 24.3 Å². The number of amides is 1. The van der Waals surface area contributed by atoms with E-state index in [0.717, 1.165) is 19.5 Å². The van der Waals surface area contributed by atoms with Crippen LogP contribution in [-0.2, 0) is 0 Å². The number of carbonyl (C=O) groups excluding carboxylic acids is 1. The number of hydrogen-bond acceptors (Lipinski definition) is 2. The van der Waals surface area contributed by atoms with Gasteiger partial charge in [0.05, 0.1) is 0 Å². The van der Waals surface area contributed by atoms with E-state index in [4.69, 9.17) is 5.73 Å². The molecule has 0 spiro atoms. The topological polar surface area (TPSA) is 46.3 Å². The van der Waals surface area contributed by atoms with Crippen LogP contribution < -0.4 is 5.73 Å². The number of hydrogen-bond donors (Lipinski definition) is 1. The van der Waals surface area contributed by atoms with E-state index in [1.165, 1.54) is 0 Å². The Kier molecular flexibility index (Phi) is 3.33. The Hall–Kier alpha value is -1.51. The van der Waals surface area contributed by atoms with Crippen LogP contribution in [0.1, 0.15) is 37.6 Å². The molecule has 0 aliphatic carbocycles. The first-order valence-corrected chi connectivity index (χ1v) is 6.53. The lowest BCUT2D eigenvalue weighted by Gasteiger charge is -2.27. The first-order valence-electron chi connectivity index (χ1n) is 6.53. The van der Waals surface area contributed by atoms with Crippen molar-refractivity contribution in [2.75, 3.05) is 18.8 Å². The lowest BCUT2D eigenvalue weighted by atomic mass is 9.80. The maximum absolute atomic E-state index is 12.3. The molecule has 1 saturated heterocycles. The van der Waals surface area contributed by atoms with Crippen LogP contribution in [0.5, 0.6) is 0 Å². The third kappa shape index (κ3) is 2.66. The molecular weight excluding hydrogens is 224 g/mol. The molecule has 1 aliphatic rings. The highest BCUT2D eigenvalue weighted by Crippen LogP contribution is 2.34. The zero-order valence-corrected chi connectivity index (χ0v) is 11.4. The van der Waals surface area contributed by atoms with Gasteiger partial charge in [0.25, 0.3) is 5.91 Å². The summed E-state index contributed by atoms with van der Waals surface area (Å²) < 4.78 is 0. The predicted molar refractivity (Wildman–Crippen MR) is 74.3 cm³/mol. The van der Waals surface area contributed by atoms with Gasteiger partial charge in [-0.05, 0) is 36.0 Å². The SMILES string of the molecule is CC(C)(C)C1CCN(C(=O)c2cccc(N)c2)C1. The molecule has 0 bridgehead atoms. The minimum Gasteiger partial charge on any atom is -0.399 e. The molecule has 2 rings (SSSR count). The second kappa shape index (κ2) is 4.63. The maximum atomic E-state index is 12.3. The molecule has 1 amide bonds. The highest BCUT2D eigenvalue weighted by atomic mass is 16.2. The van der Waals surface area contributed by atoms with Crippen LogP contribution in [0.3, 0.4) is 0 Å². The van der Waals surface area contributed by atoms with E-state index in [-0.39, 0.29) is 11.3 Å². The summed E-state index contributed by atoms with van der Waals surface area (Å²) in [5.74, 6) is 0.691. The molecule has 1 aliphatic heterocycles. The van der Waals surface area contributed by atoms with E-state index in [0.29, 0.717) is 17.2 Å². The number of anilines is 1. The molecule has 1 aromatic carbocycles. The first kappa shape index (κ1) is 12.9. The van der Waals surface area contributed by atoms with Crippen LogP contribution >= 0.6 is 0 Å². The lowest BCUT2D eigenvalue weighted by molar-refractivity contribution is 0.0776. The Bertz CT molecular complexity index is 448. The number of nitrogens with two attached hydrogens (primary N) is 1. The van der Waals surface area contributed by atoms with Crippen molar-refractivity contribution in [3.05, 3.63) is 29.8 Å². The molecule has 1 heterocycles. The number of likely N-dealkylation sites (tertiary alicyclic amines) is 1. The largest absolute Gasteiger partial charge is 0.399 e. The zero-order chi connectivity index (χ0) is 13.3. The second-order valence-electron chi connectivity index (χ2n) is 6.23. The van der Waals surface area contributed by atoms with Gasteiger partial charge in [0.15, 0.2) is 0 Å². The molecule has 98 valence electrons. The number of carbonyl (C=O) groups is 1. The van der Waals surface area contributed by atoms with Gasteiger partial charge < -0.3 is 10.6 Å². The van der Waals surface area contributed by atoms with Crippen molar-refractivity contribution >= 4 is 11.6 Å². The quantitative estimate of drug-likeness (QED) is 0.774. The van der Waals surface area contributed by atoms with E-state index in [1.807, 2.05) is 17.0 Å². The average molecular weight is 246 g/mol. The third-order valence-electron chi connectivity index (χ3n) is 3.83. The van der Waals surface area contributed by atoms with Gasteiger partial charge in [0, 0.05) is 24.3 Å². The highest BCUT2D eigenvalue weighted by Gasteiger charge is 2.34. The van der Waals surface area contributed by atoms with Crippen LogP contribution in [0, 0.1) is 11.3 Å². The van der Waals surface area contributed by atoms with Crippen LogP contribution in [-0.4, -0.2) is 23.9 Å². The van der Waals surface area contributed by atoms with Crippen LogP contribution in [0.2, 0.25) is 0 Å². The van der Waals surface area contributed by atoms with Crippen LogP contribution in [0.4, 0.5) is 5.69 Å². The minimum atomic E-state index is 0.106. The van der Waals surface area contributed by atoms with Crippen molar-refractivity contribution in [2.45, 2.75) is 27.2 Å². The standard InChI is InChI=1S/C15H22N2O/c1-15(2,3)12-7-8-17(10-12)14(18)11-5-4-6-13(16)9-11/h4-6,9,12H,7-8,10,16H2,1-3H3. The molecule has 0 saturated carbocycles. The predicted octanol–water partition coefficient (Wildman–Crippen LogP) is 2.78. The van der Waals surface area contributed by atoms with E-state index in [2.05, 4.69) is 20.8 Å². The molecule has 18 heavy (non-hydrogen) atoms. The second-order valence-corrected chi connectivity index (χ2v) is 6.23. The first-order chi connectivity index (χ1) is 8.38. The van der Waals surface area contributed by atoms with E-state index in [1.54, 1.807) is 12.1 Å². The monoisotopic (exact) mass is 246 g/mol. The number of nitrogens with zero attached hydrogens (tertiary/aromatic N) is 1. The van der Waals surface area contributed by atoms with Crippen LogP contribution in [0.25, 0.3) is 0 Å². The van der Waals surface area contributed by atoms with E-state index >= 15 is 0 Å². The van der Waals surface area contributed by atoms with Crippen molar-refractivity contribution in [2.24, 2.45) is 11.3 Å². The average Bonchev–Trinajstić information content (AvgIpc) is 2.77. The summed E-state index contributed by atoms with van der Waals surface area (Å²) in [6.45, 7) is 8.44. The fourth-order valence-electron chi connectivity index (χ4n) is 2.51. The molecule has 3 nitrogen and oxygen atoms in total. The van der Waals surface area contributed by atoms with E-state index < -0.39 is 0 Å². The van der Waals surface area contributed by atoms with Crippen molar-refractivity contribution in [3.63, 3.8) is 0 Å². The van der Waals surface area contributed by atoms with Gasteiger partial charge in [0.1, 0.15) is 0 Å². The Labute approximate surface area is 109 Å². The molecule has 1 unspecified atom stereocenters. The lowest BCUT2D eigenvalue weighted by Crippen LogP contribution is -2.31. The fraction of sp³-hybridized carbons (Fsp3) is 0.533. The minimum absolute atomic E-state index is 0.106. The van der Waals surface area contributed by atoms with Crippen molar-refractivity contribution in [3.8, 4) is 0 Å².